The molecule has 0 amide bonds. The minimum Gasteiger partial charge on any atom is -0.408 e. The molecule has 0 aromatic heterocycles. The quantitative estimate of drug-likeness (QED) is 0.147. The number of rotatable bonds is 14. The van der Waals surface area contributed by atoms with Crippen LogP contribution < -0.4 is 5.32 Å². The third-order valence-electron chi connectivity index (χ3n) is 6.16. The molecule has 0 bridgehead atoms. The van der Waals surface area contributed by atoms with E-state index in [9.17, 15) is 0 Å². The van der Waals surface area contributed by atoms with Gasteiger partial charge in [0.2, 0.25) is 0 Å². The summed E-state index contributed by atoms with van der Waals surface area (Å²) in [5.41, 5.74) is 8.34. The molecule has 0 aliphatic rings. The van der Waals surface area contributed by atoms with Crippen molar-refractivity contribution in [1.82, 2.24) is 5.32 Å². The topological polar surface area (TPSA) is 21.3 Å². The van der Waals surface area contributed by atoms with E-state index in [1.54, 1.807) is 12.2 Å². The maximum absolute atomic E-state index is 5.48. The van der Waals surface area contributed by atoms with Crippen LogP contribution in [0.1, 0.15) is 42.5 Å². The van der Waals surface area contributed by atoms with E-state index >= 15 is 0 Å². The summed E-state index contributed by atoms with van der Waals surface area (Å²) < 4.78 is 5.48. The van der Waals surface area contributed by atoms with Crippen LogP contribution in [-0.4, -0.2) is 7.05 Å². The first-order valence-electron chi connectivity index (χ1n) is 13.7. The van der Waals surface area contributed by atoms with Gasteiger partial charge in [0.1, 0.15) is 11.9 Å². The summed E-state index contributed by atoms with van der Waals surface area (Å²) in [5.74, 6) is 3.33. The van der Waals surface area contributed by atoms with Crippen LogP contribution >= 0.6 is 0 Å². The van der Waals surface area contributed by atoms with E-state index in [2.05, 4.69) is 117 Å². The molecule has 208 valence electrons. The van der Waals surface area contributed by atoms with Crippen LogP contribution in [0.3, 0.4) is 0 Å². The number of likely N-dealkylation sites (N-methyl/N-ethyl adjacent to an activating group) is 1. The molecule has 0 saturated carbocycles. The second kappa shape index (κ2) is 18.3. The van der Waals surface area contributed by atoms with Crippen molar-refractivity contribution in [3.05, 3.63) is 174 Å². The number of nitrogens with one attached hydrogen (secondary N) is 1. The van der Waals surface area contributed by atoms with Crippen molar-refractivity contribution in [2.75, 3.05) is 7.05 Å². The highest BCUT2D eigenvalue weighted by Gasteiger charge is 2.07. The van der Waals surface area contributed by atoms with E-state index in [1.165, 1.54) is 11.1 Å². The first kappa shape index (κ1) is 32.2. The Kier molecular flexibility index (Phi) is 14.4. The lowest BCUT2D eigenvalue weighted by atomic mass is 9.98. The Bertz CT molecular complexity index is 1460. The van der Waals surface area contributed by atoms with Crippen LogP contribution in [0.5, 0.6) is 0 Å². The number of ether oxygens (including phenoxy) is 1. The number of hydrogen-bond donors (Lipinski definition) is 1. The molecule has 0 radical (unpaired) electrons. The van der Waals surface area contributed by atoms with Gasteiger partial charge >= 0.3 is 0 Å². The van der Waals surface area contributed by atoms with E-state index in [0.717, 1.165) is 40.0 Å². The van der Waals surface area contributed by atoms with Crippen molar-refractivity contribution in [3.8, 4) is 12.0 Å². The average Bonchev–Trinajstić information content (AvgIpc) is 3.00. The Hall–Kier alpha value is -5.00. The fourth-order valence-corrected chi connectivity index (χ4v) is 3.87. The monoisotopic (exact) mass is 539 g/mol. The lowest BCUT2D eigenvalue weighted by Crippen LogP contribution is -2.06. The molecule has 0 unspecified atom stereocenters. The lowest BCUT2D eigenvalue weighted by Gasteiger charge is -2.12. The molecule has 2 aromatic carbocycles. The second-order valence-electron chi connectivity index (χ2n) is 9.03. The van der Waals surface area contributed by atoms with Gasteiger partial charge in [0.25, 0.3) is 0 Å². The van der Waals surface area contributed by atoms with Gasteiger partial charge in [-0.15, -0.1) is 0 Å². The minimum absolute atomic E-state index is 0.444. The SMILES string of the molecule is C=C/C=C\C=C/c1ccc(C/C=C\C(NC)=C(/C)c2ccccc2/C=C\C=C(\C(=C)C=C)C(=C)OC#CCC)cc1. The molecule has 2 aromatic rings. The molecule has 0 aliphatic heterocycles. The molecule has 0 fully saturated rings. The van der Waals surface area contributed by atoms with E-state index < -0.39 is 0 Å². The Morgan fingerprint density at radius 2 is 1.71 bits per heavy atom. The zero-order chi connectivity index (χ0) is 29.9. The maximum Gasteiger partial charge on any atom is 0.140 e. The van der Waals surface area contributed by atoms with Crippen molar-refractivity contribution in [1.29, 1.82) is 0 Å². The summed E-state index contributed by atoms with van der Waals surface area (Å²) in [6, 6.07) is 16.9. The predicted octanol–water partition coefficient (Wildman–Crippen LogP) is 9.77. The highest BCUT2D eigenvalue weighted by atomic mass is 16.5. The highest BCUT2D eigenvalue weighted by Crippen LogP contribution is 2.24. The standard InChI is InChI=1S/C39H41NO/c1-8-11-13-14-19-34-26-28-35(29-27-34)20-17-25-39(40-7)32(5)38-23-16-15-21-36(38)22-18-24-37(31(4)10-3)33(6)41-30-12-9-2/h8,10-11,13-19,21-29,40H,1,3-4,6,9,20H2,2,5,7H3/b13-11-,19-14-,22-18-,25-17-,37-24-,39-32-. The van der Waals surface area contributed by atoms with E-state index in [-0.39, 0.29) is 0 Å². The molecule has 2 heteroatoms. The fraction of sp³-hybridized carbons (Fsp3) is 0.128. The van der Waals surface area contributed by atoms with E-state index in [4.69, 9.17) is 4.74 Å². The third kappa shape index (κ3) is 10.9. The van der Waals surface area contributed by atoms with Crippen molar-refractivity contribution in [2.45, 2.75) is 26.7 Å². The van der Waals surface area contributed by atoms with Crippen LogP contribution in [0.25, 0.3) is 17.7 Å². The Labute approximate surface area is 247 Å². The van der Waals surface area contributed by atoms with Gasteiger partial charge in [-0.25, -0.2) is 0 Å². The number of hydrogen-bond acceptors (Lipinski definition) is 2. The first-order chi connectivity index (χ1) is 19.9. The molecular formula is C39H41NO. The minimum atomic E-state index is 0.444. The van der Waals surface area contributed by atoms with Gasteiger partial charge in [-0.3, -0.25) is 0 Å². The third-order valence-corrected chi connectivity index (χ3v) is 6.16. The molecule has 41 heavy (non-hydrogen) atoms. The predicted molar refractivity (Wildman–Crippen MR) is 180 cm³/mol. The Morgan fingerprint density at radius 3 is 2.39 bits per heavy atom. The Morgan fingerprint density at radius 1 is 0.951 bits per heavy atom. The zero-order valence-corrected chi connectivity index (χ0v) is 24.6. The van der Waals surface area contributed by atoms with Crippen LogP contribution in [0, 0.1) is 12.0 Å². The van der Waals surface area contributed by atoms with Gasteiger partial charge < -0.3 is 10.1 Å². The Balaban J connectivity index is 2.24. The molecule has 0 spiro atoms. The molecule has 2 nitrogen and oxygen atoms in total. The molecule has 0 atom stereocenters. The first-order valence-corrected chi connectivity index (χ1v) is 13.7. The van der Waals surface area contributed by atoms with Gasteiger partial charge in [-0.1, -0.05) is 148 Å². The number of allylic oxidation sites excluding steroid dienone is 11. The van der Waals surface area contributed by atoms with Crippen molar-refractivity contribution in [2.24, 2.45) is 0 Å². The van der Waals surface area contributed by atoms with Gasteiger partial charge in [-0.05, 0) is 52.8 Å². The molecule has 0 heterocycles. The fourth-order valence-electron chi connectivity index (χ4n) is 3.87. The summed E-state index contributed by atoms with van der Waals surface area (Å²) in [5, 5.41) is 3.36. The molecule has 2 rings (SSSR count). The zero-order valence-electron chi connectivity index (χ0n) is 24.6. The number of benzene rings is 2. The van der Waals surface area contributed by atoms with Gasteiger partial charge in [0.05, 0.1) is 0 Å². The molecule has 0 saturated heterocycles. The van der Waals surface area contributed by atoms with Crippen LogP contribution in [0.15, 0.2) is 152 Å². The van der Waals surface area contributed by atoms with Crippen molar-refractivity contribution >= 4 is 17.7 Å². The van der Waals surface area contributed by atoms with Gasteiger partial charge in [0, 0.05) is 24.7 Å². The van der Waals surface area contributed by atoms with Crippen molar-refractivity contribution < 1.29 is 4.74 Å². The van der Waals surface area contributed by atoms with Crippen molar-refractivity contribution in [3.63, 3.8) is 0 Å². The van der Waals surface area contributed by atoms with Gasteiger partial charge in [0.15, 0.2) is 0 Å². The molecule has 1 N–H and O–H groups in total. The van der Waals surface area contributed by atoms with Gasteiger partial charge in [-0.2, -0.15) is 0 Å². The molecular weight excluding hydrogens is 498 g/mol. The summed E-state index contributed by atoms with van der Waals surface area (Å²) in [6.45, 7) is 19.7. The summed E-state index contributed by atoms with van der Waals surface area (Å²) in [7, 11) is 1.95. The summed E-state index contributed by atoms with van der Waals surface area (Å²) in [4.78, 5) is 0. The van der Waals surface area contributed by atoms with E-state index in [1.807, 2.05) is 50.4 Å². The maximum atomic E-state index is 5.48. The average molecular weight is 540 g/mol. The van der Waals surface area contributed by atoms with Crippen LogP contribution in [-0.2, 0) is 11.2 Å². The smallest absolute Gasteiger partial charge is 0.140 e. The second-order valence-corrected chi connectivity index (χ2v) is 9.03. The molecule has 0 aliphatic carbocycles. The van der Waals surface area contributed by atoms with E-state index in [0.29, 0.717) is 12.2 Å². The summed E-state index contributed by atoms with van der Waals surface area (Å²) >= 11 is 0. The highest BCUT2D eigenvalue weighted by molar-refractivity contribution is 5.76. The summed E-state index contributed by atoms with van der Waals surface area (Å²) in [6.07, 6.45) is 25.9. The van der Waals surface area contributed by atoms with Crippen LogP contribution in [0.2, 0.25) is 0 Å². The lowest BCUT2D eigenvalue weighted by molar-refractivity contribution is 0.399. The van der Waals surface area contributed by atoms with Crippen LogP contribution in [0.4, 0.5) is 0 Å². The largest absolute Gasteiger partial charge is 0.408 e. The normalized spacial score (nSPS) is 12.3.